The van der Waals surface area contributed by atoms with Crippen molar-refractivity contribution in [1.29, 1.82) is 5.39 Å². The summed E-state index contributed by atoms with van der Waals surface area (Å²) in [5.41, 5.74) is 1.18. The van der Waals surface area contributed by atoms with Gasteiger partial charge in [-0.15, -0.1) is 0 Å². The Balaban J connectivity index is 2.99. The van der Waals surface area contributed by atoms with E-state index < -0.39 is 0 Å². The van der Waals surface area contributed by atoms with Crippen molar-refractivity contribution in [2.75, 3.05) is 0 Å². The van der Waals surface area contributed by atoms with Crippen LogP contribution in [0.2, 0.25) is 0 Å². The second kappa shape index (κ2) is 2.53. The molecule has 0 fully saturated rings. The van der Waals surface area contributed by atoms with Crippen molar-refractivity contribution in [2.24, 2.45) is 0 Å². The zero-order chi connectivity index (χ0) is 7.56. The van der Waals surface area contributed by atoms with Gasteiger partial charge in [-0.1, -0.05) is 6.08 Å². The number of hydrogen-bond acceptors (Lipinski definition) is 2. The summed E-state index contributed by atoms with van der Waals surface area (Å²) in [5.74, 6) is 0.119. The maximum Gasteiger partial charge on any atom is 0.403 e. The minimum absolute atomic E-state index is 0.119. The van der Waals surface area contributed by atoms with Gasteiger partial charge in [0.15, 0.2) is 4.98 Å². The fraction of sp³-hybridized carbons (Fsp3) is 0.429. The molecule has 52 valence electrons. The van der Waals surface area contributed by atoms with E-state index in [0.29, 0.717) is 12.1 Å². The molecular weight excluding hydrogens is 128 g/mol. The van der Waals surface area contributed by atoms with Crippen LogP contribution >= 0.6 is 0 Å². The molecule has 0 spiro atoms. The molecule has 1 rings (SSSR count). The third kappa shape index (κ3) is 1.01. The molecule has 3 nitrogen and oxygen atoms in total. The molecule has 0 aromatic rings. The topological polar surface area (TPSA) is 48.4 Å². The summed E-state index contributed by atoms with van der Waals surface area (Å²) >= 11 is 0. The van der Waals surface area contributed by atoms with Gasteiger partial charge < -0.3 is 5.11 Å². The summed E-state index contributed by atoms with van der Waals surface area (Å²) in [7, 11) is 0. The molecule has 0 bridgehead atoms. The molecule has 0 amide bonds. The average Bonchev–Trinajstić information content (AvgIpc) is 1.95. The lowest BCUT2D eigenvalue weighted by Gasteiger charge is -2.01. The molecule has 0 saturated carbocycles. The predicted molar refractivity (Wildman–Crippen MR) is 37.7 cm³/mol. The minimum atomic E-state index is 0.119. The van der Waals surface area contributed by atoms with Gasteiger partial charge in [-0.25, -0.2) is 0 Å². The lowest BCUT2D eigenvalue weighted by atomic mass is 10.0. The minimum Gasteiger partial charge on any atom is -0.501 e. The van der Waals surface area contributed by atoms with Crippen molar-refractivity contribution in [3.8, 4) is 0 Å². The lowest BCUT2D eigenvalue weighted by Crippen LogP contribution is -1.95. The van der Waals surface area contributed by atoms with Crippen molar-refractivity contribution in [1.82, 2.24) is 0 Å². The van der Waals surface area contributed by atoms with Gasteiger partial charge in [0.25, 0.3) is 0 Å². The Kier molecular flexibility index (Phi) is 1.72. The van der Waals surface area contributed by atoms with Crippen LogP contribution in [0.1, 0.15) is 19.8 Å². The van der Waals surface area contributed by atoms with E-state index in [-0.39, 0.29) is 5.76 Å². The summed E-state index contributed by atoms with van der Waals surface area (Å²) in [6.45, 7) is 1.79. The van der Waals surface area contributed by atoms with Crippen LogP contribution in [0.15, 0.2) is 23.1 Å². The second-order valence-corrected chi connectivity index (χ2v) is 2.32. The van der Waals surface area contributed by atoms with Gasteiger partial charge in [0.05, 0.1) is 6.42 Å². The SMILES string of the molecule is CC1=CCCC([N+]#N)=C1O. The molecular formula is C7H9N2O+. The summed E-state index contributed by atoms with van der Waals surface area (Å²) in [6.07, 6.45) is 3.39. The first kappa shape index (κ1) is 6.81. The van der Waals surface area contributed by atoms with Crippen molar-refractivity contribution in [3.63, 3.8) is 0 Å². The van der Waals surface area contributed by atoms with Crippen LogP contribution in [0.3, 0.4) is 0 Å². The van der Waals surface area contributed by atoms with Crippen molar-refractivity contribution < 1.29 is 5.11 Å². The highest BCUT2D eigenvalue weighted by Gasteiger charge is 2.21. The third-order valence-corrected chi connectivity index (χ3v) is 1.60. The first-order chi connectivity index (χ1) is 4.75. The monoisotopic (exact) mass is 137 g/mol. The van der Waals surface area contributed by atoms with Crippen LogP contribution < -0.4 is 0 Å². The van der Waals surface area contributed by atoms with E-state index in [2.05, 4.69) is 4.98 Å². The van der Waals surface area contributed by atoms with Crippen LogP contribution in [-0.2, 0) is 0 Å². The van der Waals surface area contributed by atoms with Crippen LogP contribution in [-0.4, -0.2) is 5.11 Å². The largest absolute Gasteiger partial charge is 0.501 e. The molecule has 1 aliphatic rings. The molecule has 1 aliphatic carbocycles. The van der Waals surface area contributed by atoms with Gasteiger partial charge in [-0.3, -0.25) is 0 Å². The van der Waals surface area contributed by atoms with E-state index in [0.717, 1.165) is 12.0 Å². The number of aliphatic hydroxyl groups is 1. The molecule has 0 aliphatic heterocycles. The summed E-state index contributed by atoms with van der Waals surface area (Å²) in [6, 6.07) is 0. The van der Waals surface area contributed by atoms with E-state index in [9.17, 15) is 5.11 Å². The molecule has 0 aromatic carbocycles. The Bertz CT molecular complexity index is 245. The smallest absolute Gasteiger partial charge is 0.403 e. The molecule has 3 heteroatoms. The van der Waals surface area contributed by atoms with Crippen LogP contribution in [0.25, 0.3) is 4.98 Å². The molecule has 10 heavy (non-hydrogen) atoms. The quantitative estimate of drug-likeness (QED) is 0.521. The molecule has 0 aromatic heterocycles. The maximum atomic E-state index is 9.20. The van der Waals surface area contributed by atoms with Gasteiger partial charge in [-0.05, 0) is 18.9 Å². The number of diazo groups is 1. The fourth-order valence-electron chi connectivity index (χ4n) is 0.965. The molecule has 0 heterocycles. The molecule has 0 atom stereocenters. The summed E-state index contributed by atoms with van der Waals surface area (Å²) in [5, 5.41) is 17.6. The third-order valence-electron chi connectivity index (χ3n) is 1.60. The normalized spacial score (nSPS) is 18.2. The highest BCUT2D eigenvalue weighted by Crippen LogP contribution is 2.23. The van der Waals surface area contributed by atoms with Gasteiger partial charge in [0, 0.05) is 0 Å². The van der Waals surface area contributed by atoms with Gasteiger partial charge in [-0.2, -0.15) is 0 Å². The van der Waals surface area contributed by atoms with E-state index in [4.69, 9.17) is 5.39 Å². The average molecular weight is 137 g/mol. The molecule has 0 radical (unpaired) electrons. The predicted octanol–water partition coefficient (Wildman–Crippen LogP) is 2.35. The molecule has 1 N–H and O–H groups in total. The Hall–Kier alpha value is -1.30. The number of nitrogens with zero attached hydrogens (tertiary/aromatic N) is 2. The lowest BCUT2D eigenvalue weighted by molar-refractivity contribution is 0.412. The summed E-state index contributed by atoms with van der Waals surface area (Å²) < 4.78 is 0. The zero-order valence-corrected chi connectivity index (χ0v) is 5.83. The zero-order valence-electron chi connectivity index (χ0n) is 5.83. The van der Waals surface area contributed by atoms with Crippen LogP contribution in [0.5, 0.6) is 0 Å². The van der Waals surface area contributed by atoms with Gasteiger partial charge in [0.1, 0.15) is 0 Å². The van der Waals surface area contributed by atoms with E-state index in [1.54, 1.807) is 6.92 Å². The first-order valence-electron chi connectivity index (χ1n) is 3.20. The highest BCUT2D eigenvalue weighted by atomic mass is 16.3. The number of hydrogen-bond donors (Lipinski definition) is 1. The maximum absolute atomic E-state index is 9.20. The second-order valence-electron chi connectivity index (χ2n) is 2.32. The van der Waals surface area contributed by atoms with E-state index >= 15 is 0 Å². The molecule has 0 saturated heterocycles. The van der Waals surface area contributed by atoms with Crippen molar-refractivity contribution in [3.05, 3.63) is 28.1 Å². The van der Waals surface area contributed by atoms with Crippen LogP contribution in [0.4, 0.5) is 0 Å². The Morgan fingerprint density at radius 1 is 1.70 bits per heavy atom. The summed E-state index contributed by atoms with van der Waals surface area (Å²) in [4.78, 5) is 2.97. The highest BCUT2D eigenvalue weighted by molar-refractivity contribution is 5.33. The Labute approximate surface area is 59.3 Å². The van der Waals surface area contributed by atoms with Gasteiger partial charge in [0.2, 0.25) is 11.2 Å². The standard InChI is InChI=1S/C7H8N2O/c1-5-3-2-4-6(9-8)7(5)10/h3H,2,4H2,1H3/p+1. The first-order valence-corrected chi connectivity index (χ1v) is 3.20. The van der Waals surface area contributed by atoms with Crippen molar-refractivity contribution >= 4 is 0 Å². The van der Waals surface area contributed by atoms with Gasteiger partial charge >= 0.3 is 5.70 Å². The number of allylic oxidation sites excluding steroid dienone is 3. The number of aliphatic hydroxyl groups excluding tert-OH is 1. The Morgan fingerprint density at radius 3 is 2.90 bits per heavy atom. The van der Waals surface area contributed by atoms with Crippen LogP contribution in [0, 0.1) is 5.39 Å². The fourth-order valence-corrected chi connectivity index (χ4v) is 0.965. The number of rotatable bonds is 0. The molecule has 0 unspecified atom stereocenters. The van der Waals surface area contributed by atoms with E-state index in [1.165, 1.54) is 0 Å². The van der Waals surface area contributed by atoms with Crippen molar-refractivity contribution in [2.45, 2.75) is 19.8 Å². The van der Waals surface area contributed by atoms with E-state index in [1.807, 2.05) is 6.08 Å². The Morgan fingerprint density at radius 2 is 2.40 bits per heavy atom.